The molecule has 0 radical (unpaired) electrons. The zero-order valence-electron chi connectivity index (χ0n) is 11.4. The van der Waals surface area contributed by atoms with Crippen molar-refractivity contribution in [1.82, 2.24) is 4.72 Å². The summed E-state index contributed by atoms with van der Waals surface area (Å²) < 4.78 is 49.8. The van der Waals surface area contributed by atoms with Gasteiger partial charge in [0.1, 0.15) is 9.79 Å². The molecule has 0 saturated carbocycles. The molecule has 0 amide bonds. The maximum atomic E-state index is 12.2. The van der Waals surface area contributed by atoms with Crippen LogP contribution in [0.2, 0.25) is 0 Å². The van der Waals surface area contributed by atoms with Gasteiger partial charge in [-0.25, -0.2) is 26.7 Å². The molecule has 116 valence electrons. The third-order valence-electron chi connectivity index (χ3n) is 3.32. The van der Waals surface area contributed by atoms with Gasteiger partial charge in [0.15, 0.2) is 0 Å². The normalized spacial score (nSPS) is 16.0. The lowest BCUT2D eigenvalue weighted by Crippen LogP contribution is -2.27. The second-order valence-electron chi connectivity index (χ2n) is 4.89. The molecule has 0 unspecified atom stereocenters. The summed E-state index contributed by atoms with van der Waals surface area (Å²) in [4.78, 5) is -0.703. The van der Waals surface area contributed by atoms with E-state index in [0.717, 1.165) is 19.3 Å². The summed E-state index contributed by atoms with van der Waals surface area (Å²) in [6, 6.07) is 5.31. The number of sulfonamides is 2. The SMILES string of the molecule is NS(=O)(=O)c1ccccc1S(=O)(=O)NCCC1=CCCC1. The van der Waals surface area contributed by atoms with Crippen LogP contribution in [0.1, 0.15) is 25.7 Å². The van der Waals surface area contributed by atoms with Gasteiger partial charge < -0.3 is 0 Å². The molecule has 1 aliphatic carbocycles. The fourth-order valence-corrected chi connectivity index (χ4v) is 4.71. The molecule has 0 heterocycles. The lowest BCUT2D eigenvalue weighted by atomic mass is 10.2. The zero-order valence-corrected chi connectivity index (χ0v) is 13.1. The maximum Gasteiger partial charge on any atom is 0.241 e. The van der Waals surface area contributed by atoms with E-state index in [-0.39, 0.29) is 11.4 Å². The van der Waals surface area contributed by atoms with Gasteiger partial charge >= 0.3 is 0 Å². The third-order valence-corrected chi connectivity index (χ3v) is 5.94. The Labute approximate surface area is 125 Å². The molecule has 3 N–H and O–H groups in total. The number of benzene rings is 1. The van der Waals surface area contributed by atoms with Crippen molar-refractivity contribution in [2.24, 2.45) is 5.14 Å². The predicted octanol–water partition coefficient (Wildman–Crippen LogP) is 1.11. The van der Waals surface area contributed by atoms with Crippen LogP contribution in [0.5, 0.6) is 0 Å². The molecule has 0 aromatic heterocycles. The van der Waals surface area contributed by atoms with Gasteiger partial charge in [-0.1, -0.05) is 23.8 Å². The zero-order chi connectivity index (χ0) is 15.5. The summed E-state index contributed by atoms with van der Waals surface area (Å²) in [7, 11) is -7.99. The van der Waals surface area contributed by atoms with Crippen molar-refractivity contribution in [1.29, 1.82) is 0 Å². The minimum atomic E-state index is -4.09. The number of allylic oxidation sites excluding steroid dienone is 1. The molecular formula is C13H18N2O4S2. The number of nitrogens with one attached hydrogen (secondary N) is 1. The standard InChI is InChI=1S/C13H18N2O4S2/c14-20(16,17)12-7-3-4-8-13(12)21(18,19)15-10-9-11-5-1-2-6-11/h3-5,7-8,15H,1-2,6,9-10H2,(H2,14,16,17). The molecule has 0 atom stereocenters. The van der Waals surface area contributed by atoms with Gasteiger partial charge in [-0.3, -0.25) is 0 Å². The Bertz CT molecular complexity index is 752. The molecule has 8 heteroatoms. The number of nitrogens with two attached hydrogens (primary N) is 1. The van der Waals surface area contributed by atoms with Gasteiger partial charge in [0.05, 0.1) is 0 Å². The molecule has 0 saturated heterocycles. The lowest BCUT2D eigenvalue weighted by Gasteiger charge is -2.10. The molecule has 1 aromatic carbocycles. The minimum absolute atomic E-state index is 0.243. The Kier molecular flexibility index (Phi) is 4.82. The fourth-order valence-electron chi connectivity index (χ4n) is 2.30. The summed E-state index contributed by atoms with van der Waals surface area (Å²) in [5.74, 6) is 0. The summed E-state index contributed by atoms with van der Waals surface area (Å²) in [6.45, 7) is 0.243. The molecule has 0 aliphatic heterocycles. The lowest BCUT2D eigenvalue weighted by molar-refractivity contribution is 0.573. The molecule has 0 spiro atoms. The van der Waals surface area contributed by atoms with Crippen LogP contribution in [0.3, 0.4) is 0 Å². The van der Waals surface area contributed by atoms with Crippen LogP contribution in [0.15, 0.2) is 45.7 Å². The number of primary sulfonamides is 1. The van der Waals surface area contributed by atoms with Crippen molar-refractivity contribution in [2.45, 2.75) is 35.5 Å². The molecule has 21 heavy (non-hydrogen) atoms. The van der Waals surface area contributed by atoms with E-state index >= 15 is 0 Å². The van der Waals surface area contributed by atoms with Crippen LogP contribution >= 0.6 is 0 Å². The highest BCUT2D eigenvalue weighted by Gasteiger charge is 2.23. The van der Waals surface area contributed by atoms with Gasteiger partial charge in [0, 0.05) is 6.54 Å². The van der Waals surface area contributed by atoms with Crippen molar-refractivity contribution in [3.8, 4) is 0 Å². The highest BCUT2D eigenvalue weighted by Crippen LogP contribution is 2.21. The fraction of sp³-hybridized carbons (Fsp3) is 0.385. The van der Waals surface area contributed by atoms with Gasteiger partial charge in [-0.05, 0) is 37.8 Å². The maximum absolute atomic E-state index is 12.2. The second-order valence-corrected chi connectivity index (χ2v) is 8.16. The van der Waals surface area contributed by atoms with E-state index in [1.54, 1.807) is 0 Å². The van der Waals surface area contributed by atoms with Crippen molar-refractivity contribution in [3.05, 3.63) is 35.9 Å². The molecule has 0 bridgehead atoms. The van der Waals surface area contributed by atoms with Crippen LogP contribution in [0.4, 0.5) is 0 Å². The number of hydrogen-bond donors (Lipinski definition) is 2. The van der Waals surface area contributed by atoms with Crippen molar-refractivity contribution in [2.75, 3.05) is 6.54 Å². The average Bonchev–Trinajstić information content (AvgIpc) is 2.91. The molecule has 2 rings (SSSR count). The van der Waals surface area contributed by atoms with E-state index in [4.69, 9.17) is 5.14 Å². The van der Waals surface area contributed by atoms with E-state index in [1.165, 1.54) is 29.8 Å². The van der Waals surface area contributed by atoms with E-state index in [0.29, 0.717) is 6.42 Å². The van der Waals surface area contributed by atoms with Crippen LogP contribution in [0.25, 0.3) is 0 Å². The van der Waals surface area contributed by atoms with Crippen molar-refractivity contribution >= 4 is 20.0 Å². The van der Waals surface area contributed by atoms with Gasteiger partial charge in [-0.2, -0.15) is 0 Å². The van der Waals surface area contributed by atoms with Gasteiger partial charge in [0.2, 0.25) is 20.0 Å². The monoisotopic (exact) mass is 330 g/mol. The highest BCUT2D eigenvalue weighted by molar-refractivity contribution is 7.92. The molecule has 0 fully saturated rings. The van der Waals surface area contributed by atoms with Crippen LogP contribution in [-0.4, -0.2) is 23.4 Å². The third kappa shape index (κ3) is 4.13. The smallest absolute Gasteiger partial charge is 0.225 e. The van der Waals surface area contributed by atoms with E-state index < -0.39 is 24.9 Å². The van der Waals surface area contributed by atoms with E-state index in [1.807, 2.05) is 0 Å². The Morgan fingerprint density at radius 2 is 1.76 bits per heavy atom. The topological polar surface area (TPSA) is 106 Å². The first kappa shape index (κ1) is 16.2. The Morgan fingerprint density at radius 3 is 2.33 bits per heavy atom. The van der Waals surface area contributed by atoms with E-state index in [2.05, 4.69) is 10.8 Å². The molecule has 1 aromatic rings. The van der Waals surface area contributed by atoms with Crippen LogP contribution in [0, 0.1) is 0 Å². The molecule has 6 nitrogen and oxygen atoms in total. The average molecular weight is 330 g/mol. The second kappa shape index (κ2) is 6.27. The quantitative estimate of drug-likeness (QED) is 0.762. The summed E-state index contributed by atoms with van der Waals surface area (Å²) >= 11 is 0. The first-order valence-corrected chi connectivity index (χ1v) is 9.63. The van der Waals surface area contributed by atoms with Gasteiger partial charge in [0.25, 0.3) is 0 Å². The Hall–Kier alpha value is -1.22. The minimum Gasteiger partial charge on any atom is -0.225 e. The van der Waals surface area contributed by atoms with Crippen LogP contribution < -0.4 is 9.86 Å². The first-order chi connectivity index (χ1) is 9.81. The summed E-state index contributed by atoms with van der Waals surface area (Å²) in [5.41, 5.74) is 1.23. The number of rotatable bonds is 6. The highest BCUT2D eigenvalue weighted by atomic mass is 32.2. The first-order valence-electron chi connectivity index (χ1n) is 6.60. The molecular weight excluding hydrogens is 312 g/mol. The predicted molar refractivity (Wildman–Crippen MR) is 79.6 cm³/mol. The number of hydrogen-bond acceptors (Lipinski definition) is 4. The Balaban J connectivity index is 2.16. The molecule has 1 aliphatic rings. The summed E-state index contributed by atoms with van der Waals surface area (Å²) in [6.07, 6.45) is 5.89. The van der Waals surface area contributed by atoms with Crippen molar-refractivity contribution < 1.29 is 16.8 Å². The van der Waals surface area contributed by atoms with Gasteiger partial charge in [-0.15, -0.1) is 0 Å². The largest absolute Gasteiger partial charge is 0.241 e. The van der Waals surface area contributed by atoms with Crippen LogP contribution in [-0.2, 0) is 20.0 Å². The summed E-state index contributed by atoms with van der Waals surface area (Å²) in [5, 5.41) is 5.05. The Morgan fingerprint density at radius 1 is 1.10 bits per heavy atom. The van der Waals surface area contributed by atoms with Crippen molar-refractivity contribution in [3.63, 3.8) is 0 Å². The van der Waals surface area contributed by atoms with E-state index in [9.17, 15) is 16.8 Å².